The smallest absolute Gasteiger partial charge is 0.250 e. The third-order valence-electron chi connectivity index (χ3n) is 2.03. The van der Waals surface area contributed by atoms with E-state index < -0.39 is 18.8 Å². The summed E-state index contributed by atoms with van der Waals surface area (Å²) in [5.41, 5.74) is -1.04. The summed E-state index contributed by atoms with van der Waals surface area (Å²) < 4.78 is 35.0. The second kappa shape index (κ2) is 3.40. The standard InChI is InChI=1S/C6H10ClF2OP/c7-5-3-1-2-4-6(5)11(8,9)10/h5-6H,1-4H2. The Morgan fingerprint density at radius 1 is 1.27 bits per heavy atom. The van der Waals surface area contributed by atoms with Gasteiger partial charge in [-0.25, -0.2) is 4.57 Å². The summed E-state index contributed by atoms with van der Waals surface area (Å²) in [6.07, 6.45) is 2.50. The van der Waals surface area contributed by atoms with Crippen LogP contribution in [0.2, 0.25) is 0 Å². The van der Waals surface area contributed by atoms with Crippen LogP contribution >= 0.6 is 19.4 Å². The maximum absolute atomic E-state index is 12.3. The van der Waals surface area contributed by atoms with Gasteiger partial charge in [-0.2, -0.15) is 8.39 Å². The van der Waals surface area contributed by atoms with Gasteiger partial charge in [0.15, 0.2) is 0 Å². The van der Waals surface area contributed by atoms with Crippen molar-refractivity contribution in [2.45, 2.75) is 36.7 Å². The van der Waals surface area contributed by atoms with Crippen LogP contribution in [0.5, 0.6) is 0 Å². The van der Waals surface area contributed by atoms with E-state index in [1.165, 1.54) is 0 Å². The van der Waals surface area contributed by atoms with Crippen molar-refractivity contribution in [1.29, 1.82) is 0 Å². The minimum absolute atomic E-state index is 0.318. The lowest BCUT2D eigenvalue weighted by molar-refractivity contribution is 0.431. The van der Waals surface area contributed by atoms with Crippen molar-refractivity contribution in [3.05, 3.63) is 0 Å². The molecule has 0 spiro atoms. The van der Waals surface area contributed by atoms with Gasteiger partial charge in [-0.1, -0.05) is 12.8 Å². The Kier molecular flexibility index (Phi) is 2.93. The van der Waals surface area contributed by atoms with Crippen molar-refractivity contribution in [2.24, 2.45) is 0 Å². The molecule has 2 atom stereocenters. The number of halogens is 3. The summed E-state index contributed by atoms with van der Waals surface area (Å²) in [4.78, 5) is 0. The first-order chi connectivity index (χ1) is 5.02. The largest absolute Gasteiger partial charge is 0.407 e. The lowest BCUT2D eigenvalue weighted by Gasteiger charge is -2.24. The maximum Gasteiger partial charge on any atom is 0.407 e. The van der Waals surface area contributed by atoms with Crippen LogP contribution in [0.25, 0.3) is 0 Å². The van der Waals surface area contributed by atoms with Gasteiger partial charge in [0.05, 0.1) is 5.66 Å². The summed E-state index contributed by atoms with van der Waals surface area (Å²) in [6.45, 7) is 0. The Hall–Kier alpha value is 0.380. The molecule has 1 aliphatic carbocycles. The van der Waals surface area contributed by atoms with E-state index in [9.17, 15) is 13.0 Å². The number of hydrogen-bond acceptors (Lipinski definition) is 1. The topological polar surface area (TPSA) is 17.1 Å². The second-order valence-corrected chi connectivity index (χ2v) is 5.10. The quantitative estimate of drug-likeness (QED) is 0.468. The molecule has 1 fully saturated rings. The van der Waals surface area contributed by atoms with Crippen molar-refractivity contribution in [3.63, 3.8) is 0 Å². The lowest BCUT2D eigenvalue weighted by Crippen LogP contribution is -2.23. The fraction of sp³-hybridized carbons (Fsp3) is 1.00. The van der Waals surface area contributed by atoms with Crippen LogP contribution in [-0.4, -0.2) is 11.0 Å². The molecule has 66 valence electrons. The predicted molar refractivity (Wildman–Crippen MR) is 41.7 cm³/mol. The minimum atomic E-state index is -4.93. The molecule has 0 aliphatic heterocycles. The zero-order valence-electron chi connectivity index (χ0n) is 5.97. The van der Waals surface area contributed by atoms with E-state index in [0.29, 0.717) is 12.8 Å². The van der Waals surface area contributed by atoms with Gasteiger partial charge in [0, 0.05) is 5.38 Å². The molecular weight excluding hydrogens is 192 g/mol. The third kappa shape index (κ3) is 2.41. The van der Waals surface area contributed by atoms with Crippen molar-refractivity contribution in [1.82, 2.24) is 0 Å². The zero-order valence-corrected chi connectivity index (χ0v) is 7.62. The van der Waals surface area contributed by atoms with E-state index in [0.717, 1.165) is 12.8 Å². The zero-order chi connectivity index (χ0) is 8.48. The van der Waals surface area contributed by atoms with Crippen LogP contribution in [0.3, 0.4) is 0 Å². The predicted octanol–water partition coefficient (Wildman–Crippen LogP) is 3.67. The van der Waals surface area contributed by atoms with Crippen LogP contribution in [0.15, 0.2) is 0 Å². The van der Waals surface area contributed by atoms with Gasteiger partial charge >= 0.3 is 7.76 Å². The highest BCUT2D eigenvalue weighted by Crippen LogP contribution is 2.59. The Morgan fingerprint density at radius 2 is 1.82 bits per heavy atom. The molecule has 1 rings (SSSR count). The van der Waals surface area contributed by atoms with E-state index in [4.69, 9.17) is 11.6 Å². The summed E-state index contributed by atoms with van der Waals surface area (Å²) in [5.74, 6) is 0. The van der Waals surface area contributed by atoms with Gasteiger partial charge in [0.2, 0.25) is 0 Å². The highest BCUT2D eigenvalue weighted by molar-refractivity contribution is 7.54. The van der Waals surface area contributed by atoms with Crippen LogP contribution in [0, 0.1) is 0 Å². The van der Waals surface area contributed by atoms with Crippen molar-refractivity contribution < 1.29 is 13.0 Å². The molecule has 0 saturated heterocycles. The van der Waals surface area contributed by atoms with E-state index in [1.54, 1.807) is 0 Å². The summed E-state index contributed by atoms with van der Waals surface area (Å²) in [5, 5.41) is -0.579. The molecular formula is C6H10ClF2OP. The van der Waals surface area contributed by atoms with Crippen LogP contribution in [0.1, 0.15) is 25.7 Å². The van der Waals surface area contributed by atoms with Crippen molar-refractivity contribution in [2.75, 3.05) is 0 Å². The molecule has 11 heavy (non-hydrogen) atoms. The SMILES string of the molecule is O=P(F)(F)C1CCCCC1Cl. The van der Waals surface area contributed by atoms with E-state index in [-0.39, 0.29) is 0 Å². The van der Waals surface area contributed by atoms with Crippen LogP contribution in [0.4, 0.5) is 8.39 Å². The van der Waals surface area contributed by atoms with Crippen LogP contribution in [-0.2, 0) is 4.57 Å². The number of hydrogen-bond donors (Lipinski definition) is 0. The maximum atomic E-state index is 12.3. The molecule has 1 nitrogen and oxygen atoms in total. The first-order valence-corrected chi connectivity index (χ1v) is 5.64. The van der Waals surface area contributed by atoms with Gasteiger partial charge < -0.3 is 0 Å². The van der Waals surface area contributed by atoms with Crippen molar-refractivity contribution >= 4 is 19.4 Å². The van der Waals surface area contributed by atoms with E-state index in [1.807, 2.05) is 0 Å². The minimum Gasteiger partial charge on any atom is -0.250 e. The Labute approximate surface area is 69.7 Å². The van der Waals surface area contributed by atoms with Crippen molar-refractivity contribution in [3.8, 4) is 0 Å². The first-order valence-electron chi connectivity index (χ1n) is 3.65. The molecule has 0 amide bonds. The van der Waals surface area contributed by atoms with Crippen LogP contribution < -0.4 is 0 Å². The van der Waals surface area contributed by atoms with Gasteiger partial charge in [0.1, 0.15) is 0 Å². The molecule has 0 bridgehead atoms. The third-order valence-corrected chi connectivity index (χ3v) is 4.12. The molecule has 0 aromatic heterocycles. The molecule has 0 radical (unpaired) electrons. The summed E-state index contributed by atoms with van der Waals surface area (Å²) >= 11 is 5.62. The van der Waals surface area contributed by atoms with Gasteiger partial charge in [-0.3, -0.25) is 0 Å². The lowest BCUT2D eigenvalue weighted by atomic mass is 10.00. The van der Waals surface area contributed by atoms with Gasteiger partial charge in [-0.15, -0.1) is 11.6 Å². The first kappa shape index (κ1) is 9.47. The number of alkyl halides is 1. The Bertz CT molecular complexity index is 181. The van der Waals surface area contributed by atoms with Gasteiger partial charge in [0.25, 0.3) is 0 Å². The molecule has 2 unspecified atom stereocenters. The molecule has 1 aliphatic rings. The second-order valence-electron chi connectivity index (χ2n) is 2.87. The average molecular weight is 203 g/mol. The average Bonchev–Trinajstić information content (AvgIpc) is 1.86. The summed E-state index contributed by atoms with van der Waals surface area (Å²) in [7, 11) is -4.93. The monoisotopic (exact) mass is 202 g/mol. The molecule has 5 heteroatoms. The fourth-order valence-electron chi connectivity index (χ4n) is 1.40. The molecule has 0 heterocycles. The van der Waals surface area contributed by atoms with E-state index >= 15 is 0 Å². The fourth-order valence-corrected chi connectivity index (χ4v) is 3.09. The molecule has 0 N–H and O–H groups in total. The highest BCUT2D eigenvalue weighted by atomic mass is 35.5. The highest BCUT2D eigenvalue weighted by Gasteiger charge is 2.39. The Morgan fingerprint density at radius 3 is 2.18 bits per heavy atom. The molecule has 1 saturated carbocycles. The van der Waals surface area contributed by atoms with E-state index in [2.05, 4.69) is 0 Å². The Balaban J connectivity index is 2.62. The van der Waals surface area contributed by atoms with Gasteiger partial charge in [-0.05, 0) is 12.8 Å². The molecule has 0 aromatic carbocycles. The normalized spacial score (nSPS) is 33.7. The summed E-state index contributed by atoms with van der Waals surface area (Å²) in [6, 6.07) is 0. The molecule has 0 aromatic rings. The number of rotatable bonds is 1.